The van der Waals surface area contributed by atoms with Crippen LogP contribution in [0.3, 0.4) is 0 Å². The molecule has 1 aliphatic carbocycles. The fraction of sp³-hybridized carbons (Fsp3) is 0.500. The van der Waals surface area contributed by atoms with Gasteiger partial charge in [-0.25, -0.2) is 0 Å². The Balaban J connectivity index is 2.06. The van der Waals surface area contributed by atoms with Crippen LogP contribution in [0.1, 0.15) is 44.1 Å². The lowest BCUT2D eigenvalue weighted by Gasteiger charge is -2.33. The first-order chi connectivity index (χ1) is 10.0. The minimum atomic E-state index is -0.542. The number of rotatable bonds is 4. The largest absolute Gasteiger partial charge is 0.508 e. The summed E-state index contributed by atoms with van der Waals surface area (Å²) in [6.45, 7) is 0. The molecular formula is C16H22N2O2S. The van der Waals surface area contributed by atoms with E-state index in [-0.39, 0.29) is 18.1 Å². The summed E-state index contributed by atoms with van der Waals surface area (Å²) in [4.78, 5) is 12.7. The summed E-state index contributed by atoms with van der Waals surface area (Å²) in [6.07, 6.45) is 6.23. The number of amides is 1. The van der Waals surface area contributed by atoms with E-state index in [9.17, 15) is 9.90 Å². The fourth-order valence-corrected chi connectivity index (χ4v) is 3.18. The van der Waals surface area contributed by atoms with E-state index < -0.39 is 5.54 Å². The predicted octanol–water partition coefficient (Wildman–Crippen LogP) is 2.43. The molecular weight excluding hydrogens is 284 g/mol. The number of thiocarbonyl (C=S) groups is 1. The van der Waals surface area contributed by atoms with Gasteiger partial charge >= 0.3 is 0 Å². The lowest BCUT2D eigenvalue weighted by Crippen LogP contribution is -2.56. The molecule has 0 radical (unpaired) electrons. The molecule has 1 aliphatic rings. The molecule has 0 atom stereocenters. The van der Waals surface area contributed by atoms with Crippen molar-refractivity contribution in [3.05, 3.63) is 29.8 Å². The molecule has 5 heteroatoms. The maximum Gasteiger partial charge on any atom is 0.225 e. The van der Waals surface area contributed by atoms with E-state index in [2.05, 4.69) is 5.32 Å². The van der Waals surface area contributed by atoms with Crippen LogP contribution < -0.4 is 11.1 Å². The molecule has 21 heavy (non-hydrogen) atoms. The molecule has 0 aromatic heterocycles. The minimum Gasteiger partial charge on any atom is -0.508 e. The van der Waals surface area contributed by atoms with Gasteiger partial charge in [0, 0.05) is 0 Å². The Morgan fingerprint density at radius 3 is 2.52 bits per heavy atom. The average Bonchev–Trinajstić information content (AvgIpc) is 2.65. The van der Waals surface area contributed by atoms with E-state index in [4.69, 9.17) is 18.0 Å². The van der Waals surface area contributed by atoms with Crippen LogP contribution in [0.15, 0.2) is 24.3 Å². The third kappa shape index (κ3) is 4.17. The fourth-order valence-electron chi connectivity index (χ4n) is 2.93. The molecule has 0 saturated heterocycles. The van der Waals surface area contributed by atoms with E-state index in [0.717, 1.165) is 44.1 Å². The van der Waals surface area contributed by atoms with Crippen molar-refractivity contribution in [3.8, 4) is 5.75 Å². The Morgan fingerprint density at radius 2 is 1.95 bits per heavy atom. The number of carbonyl (C=O) groups is 1. The number of carbonyl (C=O) groups excluding carboxylic acids is 1. The number of benzene rings is 1. The maximum atomic E-state index is 12.3. The van der Waals surface area contributed by atoms with Gasteiger partial charge in [0.25, 0.3) is 0 Å². The highest BCUT2D eigenvalue weighted by Gasteiger charge is 2.35. The predicted molar refractivity (Wildman–Crippen MR) is 87.2 cm³/mol. The second-order valence-corrected chi connectivity index (χ2v) is 6.20. The van der Waals surface area contributed by atoms with E-state index >= 15 is 0 Å². The second kappa shape index (κ2) is 6.89. The second-order valence-electron chi connectivity index (χ2n) is 5.76. The quantitative estimate of drug-likeness (QED) is 0.590. The summed E-state index contributed by atoms with van der Waals surface area (Å²) >= 11 is 5.21. The molecule has 1 aromatic carbocycles. The number of nitrogens with one attached hydrogen (secondary N) is 1. The van der Waals surface area contributed by atoms with Gasteiger partial charge in [0.1, 0.15) is 5.75 Å². The molecule has 0 unspecified atom stereocenters. The summed E-state index contributed by atoms with van der Waals surface area (Å²) in [5, 5.41) is 12.5. The molecule has 1 fully saturated rings. The van der Waals surface area contributed by atoms with Gasteiger partial charge in [-0.05, 0) is 30.5 Å². The number of nitrogens with two attached hydrogens (primary N) is 1. The summed E-state index contributed by atoms with van der Waals surface area (Å²) in [7, 11) is 0. The third-order valence-corrected chi connectivity index (χ3v) is 4.47. The molecule has 2 rings (SSSR count). The molecule has 4 nitrogen and oxygen atoms in total. The summed E-state index contributed by atoms with van der Waals surface area (Å²) in [5.74, 6) is 0.0640. The lowest BCUT2D eigenvalue weighted by molar-refractivity contribution is -0.121. The molecule has 0 bridgehead atoms. The highest BCUT2D eigenvalue weighted by atomic mass is 32.1. The van der Waals surface area contributed by atoms with Crippen LogP contribution in [0.4, 0.5) is 0 Å². The van der Waals surface area contributed by atoms with Crippen molar-refractivity contribution in [1.82, 2.24) is 5.32 Å². The Labute approximate surface area is 130 Å². The maximum absolute atomic E-state index is 12.3. The normalized spacial score (nSPS) is 17.7. The molecule has 114 valence electrons. The molecule has 4 N–H and O–H groups in total. The van der Waals surface area contributed by atoms with E-state index in [1.165, 1.54) is 0 Å². The number of phenolic OH excluding ortho intramolecular Hbond substituents is 1. The zero-order valence-corrected chi connectivity index (χ0v) is 12.9. The van der Waals surface area contributed by atoms with Crippen molar-refractivity contribution in [3.63, 3.8) is 0 Å². The zero-order valence-electron chi connectivity index (χ0n) is 12.1. The van der Waals surface area contributed by atoms with Crippen LogP contribution in [-0.2, 0) is 11.2 Å². The minimum absolute atomic E-state index is 0.102. The van der Waals surface area contributed by atoms with E-state index in [1.807, 2.05) is 6.07 Å². The number of hydrogen-bond acceptors (Lipinski definition) is 3. The highest BCUT2D eigenvalue weighted by Crippen LogP contribution is 2.27. The van der Waals surface area contributed by atoms with Crippen LogP contribution in [0.5, 0.6) is 5.75 Å². The molecule has 1 aromatic rings. The topological polar surface area (TPSA) is 75.3 Å². The van der Waals surface area contributed by atoms with Crippen molar-refractivity contribution < 1.29 is 9.90 Å². The van der Waals surface area contributed by atoms with Crippen molar-refractivity contribution in [2.24, 2.45) is 5.73 Å². The summed E-state index contributed by atoms with van der Waals surface area (Å²) in [5.41, 5.74) is 6.15. The van der Waals surface area contributed by atoms with Gasteiger partial charge in [0.2, 0.25) is 5.91 Å². The van der Waals surface area contributed by atoms with Crippen molar-refractivity contribution in [2.75, 3.05) is 0 Å². The molecule has 0 spiro atoms. The Morgan fingerprint density at radius 1 is 1.29 bits per heavy atom. The molecule has 0 aliphatic heterocycles. The van der Waals surface area contributed by atoms with Gasteiger partial charge in [-0.1, -0.05) is 50.0 Å². The van der Waals surface area contributed by atoms with Gasteiger partial charge in [-0.2, -0.15) is 0 Å². The number of aromatic hydroxyl groups is 1. The highest BCUT2D eigenvalue weighted by molar-refractivity contribution is 7.80. The van der Waals surface area contributed by atoms with Crippen molar-refractivity contribution in [2.45, 2.75) is 50.5 Å². The smallest absolute Gasteiger partial charge is 0.225 e. The van der Waals surface area contributed by atoms with Gasteiger partial charge in [0.05, 0.1) is 16.9 Å². The Hall–Kier alpha value is -1.62. The Kier molecular flexibility index (Phi) is 5.17. The number of phenols is 1. The van der Waals surface area contributed by atoms with E-state index in [0.29, 0.717) is 4.99 Å². The van der Waals surface area contributed by atoms with Gasteiger partial charge in [0.15, 0.2) is 0 Å². The van der Waals surface area contributed by atoms with Crippen molar-refractivity contribution >= 4 is 23.1 Å². The average molecular weight is 306 g/mol. The summed E-state index contributed by atoms with van der Waals surface area (Å²) in [6, 6.07) is 6.73. The number of hydrogen-bond donors (Lipinski definition) is 3. The van der Waals surface area contributed by atoms with Crippen molar-refractivity contribution in [1.29, 1.82) is 0 Å². The van der Waals surface area contributed by atoms with Gasteiger partial charge < -0.3 is 16.2 Å². The van der Waals surface area contributed by atoms with Gasteiger partial charge in [-0.3, -0.25) is 4.79 Å². The van der Waals surface area contributed by atoms with Crippen LogP contribution in [-0.4, -0.2) is 21.5 Å². The molecule has 1 saturated carbocycles. The van der Waals surface area contributed by atoms with E-state index in [1.54, 1.807) is 18.2 Å². The van der Waals surface area contributed by atoms with Crippen LogP contribution in [0.25, 0.3) is 0 Å². The third-order valence-electron chi connectivity index (χ3n) is 4.08. The first kappa shape index (κ1) is 15.8. The van der Waals surface area contributed by atoms with Gasteiger partial charge in [-0.15, -0.1) is 0 Å². The SMILES string of the molecule is NC(=S)C1(NC(=O)Cc2cccc(O)c2)CCCCCC1. The lowest BCUT2D eigenvalue weighted by atomic mass is 9.89. The van der Waals surface area contributed by atoms with Crippen LogP contribution >= 0.6 is 12.2 Å². The monoisotopic (exact) mass is 306 g/mol. The molecule has 0 heterocycles. The Bertz CT molecular complexity index is 523. The molecule has 1 amide bonds. The summed E-state index contributed by atoms with van der Waals surface area (Å²) < 4.78 is 0. The first-order valence-corrected chi connectivity index (χ1v) is 7.81. The first-order valence-electron chi connectivity index (χ1n) is 7.41. The van der Waals surface area contributed by atoms with Crippen LogP contribution in [0.2, 0.25) is 0 Å². The van der Waals surface area contributed by atoms with Crippen LogP contribution in [0, 0.1) is 0 Å². The standard InChI is InChI=1S/C16H22N2O2S/c17-15(21)16(8-3-1-2-4-9-16)18-14(20)11-12-6-5-7-13(19)10-12/h5-7,10,19H,1-4,8-9,11H2,(H2,17,21)(H,18,20). The zero-order chi connectivity index (χ0) is 15.3.